The molecule has 11 nitrogen and oxygen atoms in total. The third kappa shape index (κ3) is 5.56. The minimum absolute atomic E-state index is 0.00775. The first-order valence-electron chi connectivity index (χ1n) is 14.8. The predicted octanol–water partition coefficient (Wildman–Crippen LogP) is 3.90. The number of carbonyl (C=O) groups is 2. The maximum atomic E-state index is 13.1. The lowest BCUT2D eigenvalue weighted by Crippen LogP contribution is -2.58. The van der Waals surface area contributed by atoms with E-state index in [0.717, 1.165) is 49.7 Å². The third-order valence-electron chi connectivity index (χ3n) is 8.74. The quantitative estimate of drug-likeness (QED) is 0.256. The normalized spacial score (nSPS) is 23.0. The van der Waals surface area contributed by atoms with Gasteiger partial charge in [0, 0.05) is 17.8 Å². The van der Waals surface area contributed by atoms with Crippen molar-refractivity contribution in [2.75, 3.05) is 6.61 Å². The number of aliphatic hydroxyl groups is 1. The number of nitrogens with one attached hydrogen (secondary N) is 1. The summed E-state index contributed by atoms with van der Waals surface area (Å²) in [6, 6.07) is 9.66. The van der Waals surface area contributed by atoms with E-state index in [4.69, 9.17) is 15.2 Å². The number of hydrogen-bond donors (Lipinski definition) is 3. The van der Waals surface area contributed by atoms with Crippen molar-refractivity contribution in [3.63, 3.8) is 0 Å². The summed E-state index contributed by atoms with van der Waals surface area (Å²) in [5, 5.41) is 21.8. The van der Waals surface area contributed by atoms with Crippen LogP contribution < -0.4 is 20.5 Å². The van der Waals surface area contributed by atoms with Gasteiger partial charge >= 0.3 is 0 Å². The van der Waals surface area contributed by atoms with E-state index < -0.39 is 11.5 Å². The van der Waals surface area contributed by atoms with Gasteiger partial charge in [0.1, 0.15) is 18.1 Å². The molecule has 0 saturated heterocycles. The topological polar surface area (TPSA) is 146 Å². The average molecular weight is 585 g/mol. The Balaban J connectivity index is 0.939. The molecule has 3 fully saturated rings. The van der Waals surface area contributed by atoms with Gasteiger partial charge in [-0.2, -0.15) is 10.2 Å². The number of primary amides is 1. The maximum Gasteiger partial charge on any atom is 0.255 e. The molecule has 0 aliphatic heterocycles. The van der Waals surface area contributed by atoms with Gasteiger partial charge in [0.2, 0.25) is 0 Å². The van der Waals surface area contributed by atoms with Gasteiger partial charge in [-0.15, -0.1) is 0 Å². The molecule has 7 rings (SSSR count). The highest BCUT2D eigenvalue weighted by atomic mass is 16.5. The zero-order valence-electron chi connectivity index (χ0n) is 24.3. The van der Waals surface area contributed by atoms with Crippen molar-refractivity contribution < 1.29 is 24.2 Å². The molecule has 11 heteroatoms. The number of hydrogen-bond acceptors (Lipinski definition) is 7. The average Bonchev–Trinajstić information content (AvgIpc) is 3.49. The van der Waals surface area contributed by atoms with Gasteiger partial charge < -0.3 is 25.6 Å². The summed E-state index contributed by atoms with van der Waals surface area (Å²) in [4.78, 5) is 25.2. The van der Waals surface area contributed by atoms with Crippen molar-refractivity contribution >= 4 is 17.3 Å². The summed E-state index contributed by atoms with van der Waals surface area (Å²) in [5.41, 5.74) is 8.36. The number of nitrogens with two attached hydrogens (primary N) is 1. The molecule has 2 amide bonds. The van der Waals surface area contributed by atoms with Crippen LogP contribution in [0.3, 0.4) is 0 Å². The fraction of sp³-hybridized carbons (Fsp3) is 0.438. The van der Waals surface area contributed by atoms with E-state index in [-0.39, 0.29) is 30.1 Å². The molecule has 3 aromatic heterocycles. The van der Waals surface area contributed by atoms with Gasteiger partial charge in [0.25, 0.3) is 11.8 Å². The monoisotopic (exact) mass is 584 g/mol. The number of pyridine rings is 1. The zero-order chi connectivity index (χ0) is 29.9. The first kappa shape index (κ1) is 27.5. The molecule has 224 valence electrons. The Labute approximate surface area is 249 Å². The molecule has 0 unspecified atom stereocenters. The lowest BCUT2D eigenvalue weighted by Gasteiger charge is -2.57. The van der Waals surface area contributed by atoms with E-state index in [9.17, 15) is 14.7 Å². The van der Waals surface area contributed by atoms with E-state index in [1.165, 1.54) is 0 Å². The van der Waals surface area contributed by atoms with Crippen LogP contribution in [0.1, 0.15) is 79.1 Å². The molecule has 0 bridgehead atoms. The summed E-state index contributed by atoms with van der Waals surface area (Å²) in [5.74, 6) is 0.406. The number of amides is 2. The van der Waals surface area contributed by atoms with Crippen LogP contribution in [-0.2, 0) is 0 Å². The molecule has 3 heterocycles. The molecular weight excluding hydrogens is 548 g/mol. The van der Waals surface area contributed by atoms with Gasteiger partial charge in [0.15, 0.2) is 0 Å². The van der Waals surface area contributed by atoms with Crippen LogP contribution in [0.2, 0.25) is 0 Å². The van der Waals surface area contributed by atoms with Crippen LogP contribution in [0.15, 0.2) is 55.1 Å². The van der Waals surface area contributed by atoms with E-state index in [2.05, 4.69) is 15.5 Å². The van der Waals surface area contributed by atoms with Crippen LogP contribution in [0, 0.1) is 5.41 Å². The fourth-order valence-corrected chi connectivity index (χ4v) is 6.37. The fourth-order valence-electron chi connectivity index (χ4n) is 6.37. The first-order chi connectivity index (χ1) is 20.5. The minimum atomic E-state index is -0.949. The highest BCUT2D eigenvalue weighted by Crippen LogP contribution is 2.57. The predicted molar refractivity (Wildman–Crippen MR) is 158 cm³/mol. The molecule has 3 saturated carbocycles. The smallest absolute Gasteiger partial charge is 0.255 e. The lowest BCUT2D eigenvalue weighted by molar-refractivity contribution is -0.0834. The van der Waals surface area contributed by atoms with Crippen molar-refractivity contribution in [2.45, 2.75) is 76.2 Å². The SMILES string of the molecule is CC(C)(O)COc1ccc2c(C(=O)NC3CC4(C3)CC(Oc3cc(-c5cnn(C6CC6)c5)ccc3C(N)=O)C4)cnn2c1. The third-order valence-corrected chi connectivity index (χ3v) is 8.74. The minimum Gasteiger partial charge on any atom is -0.490 e. The van der Waals surface area contributed by atoms with Crippen LogP contribution in [0.25, 0.3) is 16.6 Å². The summed E-state index contributed by atoms with van der Waals surface area (Å²) < 4.78 is 15.6. The van der Waals surface area contributed by atoms with Gasteiger partial charge in [-0.3, -0.25) is 14.3 Å². The molecule has 1 spiro atoms. The Hall–Kier alpha value is -4.38. The van der Waals surface area contributed by atoms with Crippen molar-refractivity contribution in [1.82, 2.24) is 24.7 Å². The van der Waals surface area contributed by atoms with Crippen molar-refractivity contribution in [2.24, 2.45) is 11.1 Å². The van der Waals surface area contributed by atoms with Gasteiger partial charge in [-0.05, 0) is 87.6 Å². The highest BCUT2D eigenvalue weighted by molar-refractivity contribution is 6.00. The summed E-state index contributed by atoms with van der Waals surface area (Å²) in [7, 11) is 0. The highest BCUT2D eigenvalue weighted by Gasteiger charge is 2.54. The van der Waals surface area contributed by atoms with Crippen molar-refractivity contribution in [3.8, 4) is 22.6 Å². The molecule has 1 aromatic carbocycles. The molecule has 3 aliphatic rings. The number of rotatable bonds is 10. The molecule has 0 radical (unpaired) electrons. The van der Waals surface area contributed by atoms with E-state index >= 15 is 0 Å². The molecule has 43 heavy (non-hydrogen) atoms. The molecule has 0 atom stereocenters. The number of fused-ring (bicyclic) bond motifs is 1. The second-order valence-corrected chi connectivity index (χ2v) is 13.1. The Morgan fingerprint density at radius 3 is 2.56 bits per heavy atom. The molecule has 3 aliphatic carbocycles. The lowest BCUT2D eigenvalue weighted by atomic mass is 9.53. The largest absolute Gasteiger partial charge is 0.490 e. The zero-order valence-corrected chi connectivity index (χ0v) is 24.3. The summed E-state index contributed by atoms with van der Waals surface area (Å²) >= 11 is 0. The summed E-state index contributed by atoms with van der Waals surface area (Å²) in [6.45, 7) is 3.50. The number of carbonyl (C=O) groups excluding carboxylic acids is 2. The van der Waals surface area contributed by atoms with Crippen molar-refractivity contribution in [1.29, 1.82) is 0 Å². The second kappa shape index (κ2) is 10.1. The standard InChI is InChI=1S/C32H36N6O5/c1-31(2,41)18-42-23-6-8-27-26(15-35-38(27)17-23)30(40)36-21-10-32(11-21)12-24(13-32)43-28-9-19(3-7-25(28)29(33)39)20-14-34-37(16-20)22-4-5-22/h3,6-9,14-17,21-22,24,41H,4-5,10-13,18H2,1-2H3,(H2,33,39)(H,36,40). The van der Waals surface area contributed by atoms with Crippen LogP contribution in [0.5, 0.6) is 11.5 Å². The summed E-state index contributed by atoms with van der Waals surface area (Å²) in [6.07, 6.45) is 13.0. The van der Waals surface area contributed by atoms with E-state index in [1.54, 1.807) is 49.0 Å². The number of ether oxygens (including phenoxy) is 2. The Bertz CT molecular complexity index is 1700. The van der Waals surface area contributed by atoms with Crippen LogP contribution in [0.4, 0.5) is 0 Å². The number of nitrogens with zero attached hydrogens (tertiary/aromatic N) is 4. The maximum absolute atomic E-state index is 13.1. The molecule has 4 N–H and O–H groups in total. The van der Waals surface area contributed by atoms with Gasteiger partial charge in [0.05, 0.1) is 53.0 Å². The Kier molecular flexibility index (Phi) is 6.46. The molecule has 4 aromatic rings. The van der Waals surface area contributed by atoms with Gasteiger partial charge in [-0.25, -0.2) is 4.52 Å². The van der Waals surface area contributed by atoms with Crippen LogP contribution >= 0.6 is 0 Å². The number of benzene rings is 1. The van der Waals surface area contributed by atoms with E-state index in [1.807, 2.05) is 29.2 Å². The number of aromatic nitrogens is 4. The van der Waals surface area contributed by atoms with E-state index in [0.29, 0.717) is 34.2 Å². The second-order valence-electron chi connectivity index (χ2n) is 13.1. The Morgan fingerprint density at radius 1 is 1.05 bits per heavy atom. The Morgan fingerprint density at radius 2 is 1.84 bits per heavy atom. The van der Waals surface area contributed by atoms with Crippen LogP contribution in [-0.4, -0.2) is 60.7 Å². The van der Waals surface area contributed by atoms with Crippen molar-refractivity contribution in [3.05, 3.63) is 66.2 Å². The first-order valence-corrected chi connectivity index (χ1v) is 14.8. The van der Waals surface area contributed by atoms with Gasteiger partial charge in [-0.1, -0.05) is 6.07 Å². The molecular formula is C32H36N6O5.